The fourth-order valence-electron chi connectivity index (χ4n) is 4.14. The summed E-state index contributed by atoms with van der Waals surface area (Å²) < 4.78 is 2.11. The lowest BCUT2D eigenvalue weighted by molar-refractivity contribution is -0.131. The second-order valence-corrected chi connectivity index (χ2v) is 7.32. The topological polar surface area (TPSA) is 74.2 Å². The maximum Gasteiger partial charge on any atom is 0.227 e. The molecule has 27 heavy (non-hydrogen) atoms. The van der Waals surface area contributed by atoms with Gasteiger partial charge in [0.1, 0.15) is 5.82 Å². The smallest absolute Gasteiger partial charge is 0.227 e. The first-order valence-corrected chi connectivity index (χ1v) is 9.63. The number of hydrogen-bond donors (Lipinski definition) is 2. The summed E-state index contributed by atoms with van der Waals surface area (Å²) in [4.78, 5) is 22.6. The van der Waals surface area contributed by atoms with Crippen molar-refractivity contribution < 1.29 is 9.90 Å². The number of imidazole rings is 1. The SMILES string of the molecule is Cc1cnc(C2CCN(C(=O)Cc3c[nH]c4ccccc34)CC2)n1CCO. The van der Waals surface area contributed by atoms with Crippen LogP contribution in [0.25, 0.3) is 10.9 Å². The van der Waals surface area contributed by atoms with Crippen molar-refractivity contribution >= 4 is 16.8 Å². The zero-order valence-electron chi connectivity index (χ0n) is 15.7. The van der Waals surface area contributed by atoms with Crippen LogP contribution in [0.3, 0.4) is 0 Å². The van der Waals surface area contributed by atoms with Gasteiger partial charge in [-0.05, 0) is 31.4 Å². The molecule has 1 aliphatic heterocycles. The molecule has 0 bridgehead atoms. The van der Waals surface area contributed by atoms with Gasteiger partial charge in [0.25, 0.3) is 0 Å². The summed E-state index contributed by atoms with van der Waals surface area (Å²) in [6.45, 7) is 4.24. The zero-order valence-corrected chi connectivity index (χ0v) is 15.7. The van der Waals surface area contributed by atoms with Gasteiger partial charge >= 0.3 is 0 Å². The van der Waals surface area contributed by atoms with Gasteiger partial charge in [-0.1, -0.05) is 18.2 Å². The number of amides is 1. The molecule has 0 aliphatic carbocycles. The largest absolute Gasteiger partial charge is 0.395 e. The number of carbonyl (C=O) groups is 1. The number of likely N-dealkylation sites (tertiary alicyclic amines) is 1. The van der Waals surface area contributed by atoms with Crippen molar-refractivity contribution in [3.63, 3.8) is 0 Å². The third kappa shape index (κ3) is 3.49. The first-order chi connectivity index (χ1) is 13.2. The number of aromatic amines is 1. The van der Waals surface area contributed by atoms with Crippen LogP contribution in [0.4, 0.5) is 0 Å². The Morgan fingerprint density at radius 1 is 1.30 bits per heavy atom. The highest BCUT2D eigenvalue weighted by molar-refractivity contribution is 5.88. The lowest BCUT2D eigenvalue weighted by Crippen LogP contribution is -2.39. The predicted octanol–water partition coefficient (Wildman–Crippen LogP) is 2.61. The van der Waals surface area contributed by atoms with E-state index in [1.807, 2.05) is 42.4 Å². The molecule has 6 nitrogen and oxygen atoms in total. The predicted molar refractivity (Wildman–Crippen MR) is 105 cm³/mol. The third-order valence-corrected chi connectivity index (χ3v) is 5.64. The van der Waals surface area contributed by atoms with Crippen molar-refractivity contribution in [3.05, 3.63) is 53.7 Å². The number of piperidine rings is 1. The van der Waals surface area contributed by atoms with Crippen LogP contribution >= 0.6 is 0 Å². The van der Waals surface area contributed by atoms with Crippen molar-refractivity contribution in [1.29, 1.82) is 0 Å². The molecule has 0 saturated carbocycles. The summed E-state index contributed by atoms with van der Waals surface area (Å²) in [7, 11) is 0. The molecule has 4 rings (SSSR count). The standard InChI is InChI=1S/C21H26N4O2/c1-15-13-23-21(25(15)10-11-26)16-6-8-24(9-7-16)20(27)12-17-14-22-19-5-3-2-4-18(17)19/h2-5,13-14,16,22,26H,6-12H2,1H3. The van der Waals surface area contributed by atoms with Gasteiger partial charge in [0.15, 0.2) is 0 Å². The molecule has 1 amide bonds. The molecule has 0 unspecified atom stereocenters. The number of benzene rings is 1. The highest BCUT2D eigenvalue weighted by Crippen LogP contribution is 2.28. The molecule has 6 heteroatoms. The molecule has 2 aromatic heterocycles. The van der Waals surface area contributed by atoms with Crippen LogP contribution in [0.1, 0.15) is 35.8 Å². The minimum absolute atomic E-state index is 0.117. The summed E-state index contributed by atoms with van der Waals surface area (Å²) in [6, 6.07) is 8.10. The van der Waals surface area contributed by atoms with E-state index in [-0.39, 0.29) is 12.5 Å². The Hall–Kier alpha value is -2.60. The van der Waals surface area contributed by atoms with Gasteiger partial charge in [0, 0.05) is 54.5 Å². The van der Waals surface area contributed by atoms with E-state index in [2.05, 4.69) is 20.6 Å². The molecule has 1 fully saturated rings. The van der Waals surface area contributed by atoms with Gasteiger partial charge in [-0.2, -0.15) is 0 Å². The number of hydrogen-bond acceptors (Lipinski definition) is 3. The van der Waals surface area contributed by atoms with E-state index in [4.69, 9.17) is 0 Å². The zero-order chi connectivity index (χ0) is 18.8. The highest BCUT2D eigenvalue weighted by atomic mass is 16.3. The number of aliphatic hydroxyl groups excluding tert-OH is 1. The first-order valence-electron chi connectivity index (χ1n) is 9.63. The Balaban J connectivity index is 1.40. The summed E-state index contributed by atoms with van der Waals surface area (Å²) in [5.74, 6) is 1.58. The Bertz CT molecular complexity index is 935. The van der Waals surface area contributed by atoms with Crippen LogP contribution in [0, 0.1) is 6.92 Å². The second-order valence-electron chi connectivity index (χ2n) is 7.32. The molecule has 0 spiro atoms. The number of aryl methyl sites for hydroxylation is 1. The highest BCUT2D eigenvalue weighted by Gasteiger charge is 2.27. The van der Waals surface area contributed by atoms with E-state index in [9.17, 15) is 9.90 Å². The lowest BCUT2D eigenvalue weighted by atomic mass is 9.95. The first kappa shape index (κ1) is 17.8. The average molecular weight is 366 g/mol. The maximum atomic E-state index is 12.8. The fraction of sp³-hybridized carbons (Fsp3) is 0.429. The van der Waals surface area contributed by atoms with E-state index in [1.54, 1.807) is 0 Å². The van der Waals surface area contributed by atoms with Crippen molar-refractivity contribution in [1.82, 2.24) is 19.4 Å². The number of carbonyl (C=O) groups excluding carboxylic acids is 1. The van der Waals surface area contributed by atoms with Crippen LogP contribution < -0.4 is 0 Å². The van der Waals surface area contributed by atoms with E-state index >= 15 is 0 Å². The van der Waals surface area contributed by atoms with Crippen molar-refractivity contribution in [2.75, 3.05) is 19.7 Å². The molecular formula is C21H26N4O2. The van der Waals surface area contributed by atoms with Crippen LogP contribution in [-0.4, -0.2) is 50.1 Å². The Kier molecular flexibility index (Phi) is 4.99. The average Bonchev–Trinajstić information content (AvgIpc) is 3.27. The van der Waals surface area contributed by atoms with Crippen LogP contribution in [0.5, 0.6) is 0 Å². The van der Waals surface area contributed by atoms with Crippen molar-refractivity contribution in [3.8, 4) is 0 Å². The van der Waals surface area contributed by atoms with Crippen LogP contribution in [0.15, 0.2) is 36.7 Å². The monoisotopic (exact) mass is 366 g/mol. The van der Waals surface area contributed by atoms with Gasteiger partial charge in [-0.15, -0.1) is 0 Å². The number of H-pyrrole nitrogens is 1. The van der Waals surface area contributed by atoms with Gasteiger partial charge in [0.05, 0.1) is 13.0 Å². The van der Waals surface area contributed by atoms with Crippen molar-refractivity contribution in [2.45, 2.75) is 38.6 Å². The van der Waals surface area contributed by atoms with Crippen LogP contribution in [0.2, 0.25) is 0 Å². The molecular weight excluding hydrogens is 340 g/mol. The van der Waals surface area contributed by atoms with Gasteiger partial charge in [0.2, 0.25) is 5.91 Å². The van der Waals surface area contributed by atoms with Gasteiger partial charge < -0.3 is 19.6 Å². The minimum atomic E-state index is 0.117. The summed E-state index contributed by atoms with van der Waals surface area (Å²) in [5, 5.41) is 10.4. The molecule has 1 aromatic carbocycles. The third-order valence-electron chi connectivity index (χ3n) is 5.64. The fourth-order valence-corrected chi connectivity index (χ4v) is 4.14. The number of rotatable bonds is 5. The van der Waals surface area contributed by atoms with Crippen LogP contribution in [-0.2, 0) is 17.8 Å². The Labute approximate surface area is 158 Å². The summed E-state index contributed by atoms with van der Waals surface area (Å²) >= 11 is 0. The van der Waals surface area contributed by atoms with E-state index in [1.165, 1.54) is 0 Å². The second kappa shape index (κ2) is 7.56. The number of para-hydroxylation sites is 1. The number of aliphatic hydroxyl groups is 1. The number of aromatic nitrogens is 3. The van der Waals surface area contributed by atoms with E-state index in [0.29, 0.717) is 18.9 Å². The molecule has 0 atom stereocenters. The minimum Gasteiger partial charge on any atom is -0.395 e. The Morgan fingerprint density at radius 3 is 2.85 bits per heavy atom. The maximum absolute atomic E-state index is 12.8. The molecule has 3 heterocycles. The van der Waals surface area contributed by atoms with E-state index in [0.717, 1.165) is 53.9 Å². The Morgan fingerprint density at radius 2 is 2.07 bits per heavy atom. The van der Waals surface area contributed by atoms with Gasteiger partial charge in [-0.25, -0.2) is 4.98 Å². The van der Waals surface area contributed by atoms with Crippen molar-refractivity contribution in [2.24, 2.45) is 0 Å². The molecule has 3 aromatic rings. The van der Waals surface area contributed by atoms with E-state index < -0.39 is 0 Å². The normalized spacial score (nSPS) is 15.6. The summed E-state index contributed by atoms with van der Waals surface area (Å²) in [5.41, 5.74) is 3.22. The lowest BCUT2D eigenvalue weighted by Gasteiger charge is -2.32. The number of nitrogens with zero attached hydrogens (tertiary/aromatic N) is 3. The molecule has 1 saturated heterocycles. The number of nitrogens with one attached hydrogen (secondary N) is 1. The molecule has 1 aliphatic rings. The molecule has 142 valence electrons. The quantitative estimate of drug-likeness (QED) is 0.729. The summed E-state index contributed by atoms with van der Waals surface area (Å²) in [6.07, 6.45) is 6.10. The molecule has 0 radical (unpaired) electrons. The number of fused-ring (bicyclic) bond motifs is 1. The molecule has 2 N–H and O–H groups in total. The van der Waals surface area contributed by atoms with Gasteiger partial charge in [-0.3, -0.25) is 4.79 Å².